The first-order valence-corrected chi connectivity index (χ1v) is 8.19. The maximum atomic E-state index is 12.3. The molecule has 2 rings (SSSR count). The number of carboxylic acid groups (broad SMARTS) is 1. The number of hydrogen-bond donors (Lipinski definition) is 2. The van der Waals surface area contributed by atoms with Crippen molar-refractivity contribution >= 4 is 12.0 Å². The number of piperidine rings is 1. The number of urea groups is 1. The first-order chi connectivity index (χ1) is 10.9. The summed E-state index contributed by atoms with van der Waals surface area (Å²) in [5, 5.41) is 12.1. The van der Waals surface area contributed by atoms with Crippen LogP contribution in [-0.4, -0.2) is 41.6 Å². The Balaban J connectivity index is 1.88. The Bertz CT molecular complexity index is 565. The predicted octanol–water partition coefficient (Wildman–Crippen LogP) is 2.60. The summed E-state index contributed by atoms with van der Waals surface area (Å²) in [4.78, 5) is 25.1. The summed E-state index contributed by atoms with van der Waals surface area (Å²) in [7, 11) is 0. The lowest BCUT2D eigenvalue weighted by molar-refractivity contribution is -0.143. The number of carbonyl (C=O) groups excluding carboxylic acids is 1. The van der Waals surface area contributed by atoms with Gasteiger partial charge in [0.1, 0.15) is 0 Å². The first-order valence-electron chi connectivity index (χ1n) is 8.19. The normalized spacial score (nSPS) is 21.1. The summed E-state index contributed by atoms with van der Waals surface area (Å²) in [5.41, 5.74) is 3.73. The minimum Gasteiger partial charge on any atom is -0.481 e. The zero-order valence-electron chi connectivity index (χ0n) is 14.1. The molecule has 0 radical (unpaired) electrons. The van der Waals surface area contributed by atoms with E-state index in [2.05, 4.69) is 31.3 Å². The molecule has 2 amide bonds. The van der Waals surface area contributed by atoms with Crippen LogP contribution in [0.15, 0.2) is 18.2 Å². The van der Waals surface area contributed by atoms with Gasteiger partial charge in [-0.25, -0.2) is 4.79 Å². The second-order valence-electron chi connectivity index (χ2n) is 6.63. The average Bonchev–Trinajstić information content (AvgIpc) is 2.49. The van der Waals surface area contributed by atoms with Crippen LogP contribution in [0.1, 0.15) is 30.0 Å². The van der Waals surface area contributed by atoms with Crippen LogP contribution < -0.4 is 5.32 Å². The van der Waals surface area contributed by atoms with Gasteiger partial charge in [0.15, 0.2) is 0 Å². The van der Waals surface area contributed by atoms with Crippen LogP contribution in [0.4, 0.5) is 4.79 Å². The Morgan fingerprint density at radius 2 is 1.91 bits per heavy atom. The Hall–Kier alpha value is -2.04. The number of benzene rings is 1. The van der Waals surface area contributed by atoms with Crippen molar-refractivity contribution < 1.29 is 14.7 Å². The molecule has 0 spiro atoms. The van der Waals surface area contributed by atoms with E-state index >= 15 is 0 Å². The smallest absolute Gasteiger partial charge is 0.317 e. The zero-order valence-corrected chi connectivity index (χ0v) is 14.1. The lowest BCUT2D eigenvalue weighted by atomic mass is 9.91. The number of hydrogen-bond acceptors (Lipinski definition) is 2. The van der Waals surface area contributed by atoms with Crippen molar-refractivity contribution in [2.75, 3.05) is 19.6 Å². The number of likely N-dealkylation sites (tertiary alicyclic amines) is 1. The number of rotatable bonds is 4. The van der Waals surface area contributed by atoms with Crippen molar-refractivity contribution in [2.24, 2.45) is 11.8 Å². The van der Waals surface area contributed by atoms with Gasteiger partial charge in [-0.05, 0) is 49.3 Å². The van der Waals surface area contributed by atoms with Gasteiger partial charge >= 0.3 is 12.0 Å². The molecule has 23 heavy (non-hydrogen) atoms. The fourth-order valence-electron chi connectivity index (χ4n) is 3.35. The molecule has 2 atom stereocenters. The highest BCUT2D eigenvalue weighted by Crippen LogP contribution is 2.21. The second kappa shape index (κ2) is 7.49. The van der Waals surface area contributed by atoms with E-state index in [1.165, 1.54) is 16.7 Å². The lowest BCUT2D eigenvalue weighted by Gasteiger charge is -2.34. The van der Waals surface area contributed by atoms with Crippen molar-refractivity contribution in [3.05, 3.63) is 34.9 Å². The van der Waals surface area contributed by atoms with Gasteiger partial charge in [0, 0.05) is 19.6 Å². The van der Waals surface area contributed by atoms with Gasteiger partial charge in [0.05, 0.1) is 5.92 Å². The van der Waals surface area contributed by atoms with Gasteiger partial charge in [0.25, 0.3) is 0 Å². The van der Waals surface area contributed by atoms with Crippen LogP contribution >= 0.6 is 0 Å². The van der Waals surface area contributed by atoms with Crippen LogP contribution in [0, 0.1) is 25.7 Å². The van der Waals surface area contributed by atoms with E-state index in [0.29, 0.717) is 26.1 Å². The highest BCUT2D eigenvalue weighted by Gasteiger charge is 2.31. The molecule has 2 N–H and O–H groups in total. The molecule has 1 heterocycles. The van der Waals surface area contributed by atoms with Crippen molar-refractivity contribution in [2.45, 2.75) is 33.6 Å². The van der Waals surface area contributed by atoms with Crippen molar-refractivity contribution in [1.82, 2.24) is 10.2 Å². The van der Waals surface area contributed by atoms with Crippen LogP contribution in [0.2, 0.25) is 0 Å². The molecule has 1 aromatic rings. The third-order valence-corrected chi connectivity index (χ3v) is 4.59. The van der Waals surface area contributed by atoms with Crippen molar-refractivity contribution in [3.8, 4) is 0 Å². The van der Waals surface area contributed by atoms with E-state index in [0.717, 1.165) is 6.42 Å². The lowest BCUT2D eigenvalue weighted by Crippen LogP contribution is -2.49. The summed E-state index contributed by atoms with van der Waals surface area (Å²) < 4.78 is 0. The van der Waals surface area contributed by atoms with Gasteiger partial charge in [0.2, 0.25) is 0 Å². The third-order valence-electron chi connectivity index (χ3n) is 4.59. The van der Waals surface area contributed by atoms with Crippen molar-refractivity contribution in [3.63, 3.8) is 0 Å². The molecule has 5 nitrogen and oxygen atoms in total. The highest BCUT2D eigenvalue weighted by molar-refractivity contribution is 5.76. The molecule has 5 heteroatoms. The molecule has 1 aromatic carbocycles. The highest BCUT2D eigenvalue weighted by atomic mass is 16.4. The molecule has 126 valence electrons. The molecule has 0 aliphatic carbocycles. The number of aryl methyl sites for hydroxylation is 2. The Morgan fingerprint density at radius 1 is 1.26 bits per heavy atom. The quantitative estimate of drug-likeness (QED) is 0.896. The van der Waals surface area contributed by atoms with Gasteiger partial charge in [-0.1, -0.05) is 25.1 Å². The van der Waals surface area contributed by atoms with Gasteiger partial charge in [-0.15, -0.1) is 0 Å². The summed E-state index contributed by atoms with van der Waals surface area (Å²) in [6.45, 7) is 7.63. The molecule has 0 bridgehead atoms. The maximum Gasteiger partial charge on any atom is 0.317 e. The van der Waals surface area contributed by atoms with E-state index in [9.17, 15) is 14.7 Å². The molecule has 0 aromatic heterocycles. The van der Waals surface area contributed by atoms with Gasteiger partial charge in [-0.3, -0.25) is 4.79 Å². The van der Waals surface area contributed by atoms with E-state index in [1.54, 1.807) is 4.90 Å². The number of carboxylic acids is 1. The SMILES string of the molecule is Cc1cccc(C)c1CCNC(=O)N1CC(C)CC(C(=O)O)C1. The molecule has 1 saturated heterocycles. The molecule has 1 aliphatic rings. The van der Waals surface area contributed by atoms with Crippen LogP contribution in [-0.2, 0) is 11.2 Å². The van der Waals surface area contributed by atoms with Crippen molar-refractivity contribution in [1.29, 1.82) is 0 Å². The molecule has 1 aliphatic heterocycles. The number of aliphatic carboxylic acids is 1. The molecular formula is C18H26N2O3. The van der Waals surface area contributed by atoms with E-state index in [1.807, 2.05) is 13.0 Å². The summed E-state index contributed by atoms with van der Waals surface area (Å²) >= 11 is 0. The largest absolute Gasteiger partial charge is 0.481 e. The zero-order chi connectivity index (χ0) is 17.0. The second-order valence-corrected chi connectivity index (χ2v) is 6.63. The summed E-state index contributed by atoms with van der Waals surface area (Å²) in [6, 6.07) is 6.03. The monoisotopic (exact) mass is 318 g/mol. The Labute approximate surface area is 137 Å². The predicted molar refractivity (Wildman–Crippen MR) is 89.5 cm³/mol. The minimum atomic E-state index is -0.815. The first kappa shape index (κ1) is 17.3. The number of amides is 2. The topological polar surface area (TPSA) is 69.6 Å². The number of nitrogens with one attached hydrogen (secondary N) is 1. The Morgan fingerprint density at radius 3 is 2.52 bits per heavy atom. The number of carbonyl (C=O) groups is 2. The maximum absolute atomic E-state index is 12.3. The minimum absolute atomic E-state index is 0.158. The van der Waals surface area contributed by atoms with Crippen LogP contribution in [0.25, 0.3) is 0 Å². The molecule has 0 saturated carbocycles. The standard InChI is InChI=1S/C18H26N2O3/c1-12-9-15(17(21)22)11-20(10-12)18(23)19-8-7-16-13(2)5-4-6-14(16)3/h4-6,12,15H,7-11H2,1-3H3,(H,19,23)(H,21,22). The van der Waals surface area contributed by atoms with E-state index in [4.69, 9.17) is 0 Å². The van der Waals surface area contributed by atoms with E-state index in [-0.39, 0.29) is 11.9 Å². The van der Waals surface area contributed by atoms with Crippen LogP contribution in [0.5, 0.6) is 0 Å². The number of nitrogens with zero attached hydrogens (tertiary/aromatic N) is 1. The van der Waals surface area contributed by atoms with E-state index < -0.39 is 11.9 Å². The molecule has 2 unspecified atom stereocenters. The Kier molecular flexibility index (Phi) is 5.64. The average molecular weight is 318 g/mol. The molecular weight excluding hydrogens is 292 g/mol. The van der Waals surface area contributed by atoms with Gasteiger partial charge in [-0.2, -0.15) is 0 Å². The summed E-state index contributed by atoms with van der Waals surface area (Å²) in [5.74, 6) is -1.05. The van der Waals surface area contributed by atoms with Gasteiger partial charge < -0.3 is 15.3 Å². The van der Waals surface area contributed by atoms with Crippen LogP contribution in [0.3, 0.4) is 0 Å². The summed E-state index contributed by atoms with van der Waals surface area (Å²) in [6.07, 6.45) is 1.43. The fourth-order valence-corrected chi connectivity index (χ4v) is 3.35. The third kappa shape index (κ3) is 4.47. The fraction of sp³-hybridized carbons (Fsp3) is 0.556. The molecule has 1 fully saturated rings.